The van der Waals surface area contributed by atoms with Gasteiger partial charge in [0.2, 0.25) is 0 Å². The Balaban J connectivity index is 1.23. The van der Waals surface area contributed by atoms with Gasteiger partial charge < -0.3 is 10.0 Å². The Morgan fingerprint density at radius 2 is 1.69 bits per heavy atom. The van der Waals surface area contributed by atoms with Crippen LogP contribution in [0.1, 0.15) is 36.1 Å². The fourth-order valence-corrected chi connectivity index (χ4v) is 4.49. The van der Waals surface area contributed by atoms with Crippen LogP contribution in [0.15, 0.2) is 66.9 Å². The average Bonchev–Trinajstić information content (AvgIpc) is 2.88. The van der Waals surface area contributed by atoms with Gasteiger partial charge in [-0.3, -0.25) is 4.90 Å². The van der Waals surface area contributed by atoms with Crippen LogP contribution in [0.25, 0.3) is 11.1 Å². The third-order valence-corrected chi connectivity index (χ3v) is 6.76. The molecule has 0 radical (unpaired) electrons. The predicted octanol–water partition coefficient (Wildman–Crippen LogP) is 5.96. The molecule has 6 heteroatoms. The van der Waals surface area contributed by atoms with Crippen molar-refractivity contribution >= 4 is 17.7 Å². The van der Waals surface area contributed by atoms with E-state index in [2.05, 4.69) is 53.0 Å². The molecular formula is C29H30ClN3O2. The zero-order chi connectivity index (χ0) is 24.6. The number of halogens is 1. The highest BCUT2D eigenvalue weighted by atomic mass is 35.5. The number of pyridine rings is 1. The van der Waals surface area contributed by atoms with Gasteiger partial charge in [0.25, 0.3) is 0 Å². The van der Waals surface area contributed by atoms with Crippen molar-refractivity contribution in [2.45, 2.75) is 38.3 Å². The van der Waals surface area contributed by atoms with Gasteiger partial charge in [0.05, 0.1) is 0 Å². The van der Waals surface area contributed by atoms with Crippen molar-refractivity contribution in [2.75, 3.05) is 20.1 Å². The smallest absolute Gasteiger partial charge is 0.407 e. The fourth-order valence-electron chi connectivity index (χ4n) is 4.37. The second kappa shape index (κ2) is 11.9. The van der Waals surface area contributed by atoms with Crippen LogP contribution in [0, 0.1) is 11.8 Å². The molecule has 0 aliphatic carbocycles. The van der Waals surface area contributed by atoms with Crippen molar-refractivity contribution in [3.63, 3.8) is 0 Å². The normalized spacial score (nSPS) is 14.0. The Hall–Kier alpha value is -3.33. The highest BCUT2D eigenvalue weighted by Crippen LogP contribution is 2.21. The molecule has 0 bridgehead atoms. The van der Waals surface area contributed by atoms with Gasteiger partial charge in [-0.15, -0.1) is 0 Å². The van der Waals surface area contributed by atoms with Crippen molar-refractivity contribution < 1.29 is 9.90 Å². The Morgan fingerprint density at radius 3 is 2.31 bits per heavy atom. The van der Waals surface area contributed by atoms with Crippen molar-refractivity contribution in [2.24, 2.45) is 0 Å². The molecule has 0 unspecified atom stereocenters. The number of piperidine rings is 1. The lowest BCUT2D eigenvalue weighted by Gasteiger charge is -2.35. The molecule has 180 valence electrons. The molecule has 1 N–H and O–H groups in total. The number of amides is 1. The van der Waals surface area contributed by atoms with Gasteiger partial charge >= 0.3 is 6.09 Å². The predicted molar refractivity (Wildman–Crippen MR) is 140 cm³/mol. The summed E-state index contributed by atoms with van der Waals surface area (Å²) in [5.41, 5.74) is 5.44. The molecule has 0 spiro atoms. The Bertz CT molecular complexity index is 1170. The molecule has 2 heterocycles. The first-order valence-electron chi connectivity index (χ1n) is 11.9. The first-order valence-corrected chi connectivity index (χ1v) is 12.3. The molecule has 1 saturated heterocycles. The Kier molecular flexibility index (Phi) is 8.41. The molecule has 35 heavy (non-hydrogen) atoms. The Labute approximate surface area is 212 Å². The second-order valence-electron chi connectivity index (χ2n) is 8.97. The summed E-state index contributed by atoms with van der Waals surface area (Å²) >= 11 is 5.96. The first-order chi connectivity index (χ1) is 17.0. The van der Waals surface area contributed by atoms with Gasteiger partial charge in [0.1, 0.15) is 5.69 Å². The van der Waals surface area contributed by atoms with E-state index in [1.807, 2.05) is 42.6 Å². The summed E-state index contributed by atoms with van der Waals surface area (Å²) in [4.78, 5) is 19.4. The second-order valence-corrected chi connectivity index (χ2v) is 9.41. The fraction of sp³-hybridized carbons (Fsp3) is 0.310. The van der Waals surface area contributed by atoms with E-state index in [0.29, 0.717) is 19.1 Å². The highest BCUT2D eigenvalue weighted by Gasteiger charge is 2.24. The molecule has 2 aromatic carbocycles. The maximum absolute atomic E-state index is 11.1. The quantitative estimate of drug-likeness (QED) is 0.436. The summed E-state index contributed by atoms with van der Waals surface area (Å²) in [7, 11) is 2.13. The van der Waals surface area contributed by atoms with Crippen molar-refractivity contribution in [1.82, 2.24) is 14.8 Å². The topological polar surface area (TPSA) is 56.7 Å². The molecule has 1 aliphatic heterocycles. The van der Waals surface area contributed by atoms with E-state index in [4.69, 9.17) is 16.7 Å². The monoisotopic (exact) mass is 487 g/mol. The summed E-state index contributed by atoms with van der Waals surface area (Å²) in [5, 5.41) is 9.84. The number of likely N-dealkylation sites (tertiary alicyclic amines) is 1. The van der Waals surface area contributed by atoms with Gasteiger partial charge in [0, 0.05) is 48.9 Å². The maximum Gasteiger partial charge on any atom is 0.407 e. The van der Waals surface area contributed by atoms with Gasteiger partial charge in [-0.1, -0.05) is 60.0 Å². The van der Waals surface area contributed by atoms with E-state index in [-0.39, 0.29) is 0 Å². The average molecular weight is 488 g/mol. The van der Waals surface area contributed by atoms with Crippen LogP contribution in [0.5, 0.6) is 0 Å². The van der Waals surface area contributed by atoms with E-state index < -0.39 is 6.09 Å². The van der Waals surface area contributed by atoms with Crippen molar-refractivity contribution in [3.8, 4) is 23.0 Å². The molecule has 1 aliphatic rings. The SMILES string of the molecule is CN(Cc1ccc(CCC#Cc2ccc(-c3ccc(Cl)cc3)cn2)cc1)C1CCN(C(=O)O)CC1. The van der Waals surface area contributed by atoms with Gasteiger partial charge in [0.15, 0.2) is 0 Å². The van der Waals surface area contributed by atoms with Crippen LogP contribution in [-0.2, 0) is 13.0 Å². The first kappa shape index (κ1) is 24.8. The molecule has 5 nitrogen and oxygen atoms in total. The Morgan fingerprint density at radius 1 is 1.03 bits per heavy atom. The van der Waals surface area contributed by atoms with Crippen LogP contribution < -0.4 is 0 Å². The molecule has 3 aromatic rings. The molecule has 1 amide bonds. The lowest BCUT2D eigenvalue weighted by Crippen LogP contribution is -2.44. The van der Waals surface area contributed by atoms with Gasteiger partial charge in [-0.25, -0.2) is 9.78 Å². The minimum Gasteiger partial charge on any atom is -0.465 e. The van der Waals surface area contributed by atoms with Crippen molar-refractivity contribution in [1.29, 1.82) is 0 Å². The minimum atomic E-state index is -0.810. The molecule has 1 aromatic heterocycles. The number of aromatic nitrogens is 1. The number of benzene rings is 2. The lowest BCUT2D eigenvalue weighted by molar-refractivity contribution is 0.103. The van der Waals surface area contributed by atoms with E-state index >= 15 is 0 Å². The van der Waals surface area contributed by atoms with Gasteiger partial charge in [-0.05, 0) is 67.1 Å². The molecule has 4 rings (SSSR count). The van der Waals surface area contributed by atoms with Crippen LogP contribution in [0.3, 0.4) is 0 Å². The van der Waals surface area contributed by atoms with Crippen LogP contribution in [0.4, 0.5) is 4.79 Å². The van der Waals surface area contributed by atoms with E-state index in [9.17, 15) is 4.79 Å². The number of rotatable bonds is 6. The van der Waals surface area contributed by atoms with E-state index in [1.165, 1.54) is 16.0 Å². The number of carbonyl (C=O) groups is 1. The number of carboxylic acid groups (broad SMARTS) is 1. The maximum atomic E-state index is 11.1. The molecule has 0 saturated carbocycles. The minimum absolute atomic E-state index is 0.425. The number of hydrogen-bond acceptors (Lipinski definition) is 3. The lowest BCUT2D eigenvalue weighted by atomic mass is 10.0. The summed E-state index contributed by atoms with van der Waals surface area (Å²) < 4.78 is 0. The summed E-state index contributed by atoms with van der Waals surface area (Å²) in [6.07, 6.45) is 4.49. The zero-order valence-electron chi connectivity index (χ0n) is 20.0. The van der Waals surface area contributed by atoms with E-state index in [0.717, 1.165) is 54.1 Å². The van der Waals surface area contributed by atoms with Crippen LogP contribution >= 0.6 is 11.6 Å². The summed E-state index contributed by atoms with van der Waals surface area (Å²) in [5.74, 6) is 6.39. The van der Waals surface area contributed by atoms with E-state index in [1.54, 1.807) is 0 Å². The standard InChI is InChI=1S/C29H30ClN3O2/c1-32(28-16-18-33(19-17-28)29(34)35)21-23-8-6-22(7-9-23)4-2-3-5-27-15-12-25(20-31-27)24-10-13-26(30)14-11-24/h6-15,20,28H,2,4,16-19,21H2,1H3,(H,34,35). The summed E-state index contributed by atoms with van der Waals surface area (Å²) in [6, 6.07) is 20.9. The number of nitrogens with zero attached hydrogens (tertiary/aromatic N) is 3. The third kappa shape index (κ3) is 7.08. The van der Waals surface area contributed by atoms with Crippen molar-refractivity contribution in [3.05, 3.63) is 88.7 Å². The number of hydrogen-bond donors (Lipinski definition) is 1. The number of aryl methyl sites for hydroxylation is 1. The molecule has 0 atom stereocenters. The molecular weight excluding hydrogens is 458 g/mol. The zero-order valence-corrected chi connectivity index (χ0v) is 20.7. The highest BCUT2D eigenvalue weighted by molar-refractivity contribution is 6.30. The largest absolute Gasteiger partial charge is 0.465 e. The third-order valence-electron chi connectivity index (χ3n) is 6.51. The van der Waals surface area contributed by atoms with Crippen LogP contribution in [-0.4, -0.2) is 52.2 Å². The summed E-state index contributed by atoms with van der Waals surface area (Å²) in [6.45, 7) is 2.11. The van der Waals surface area contributed by atoms with Gasteiger partial charge in [-0.2, -0.15) is 0 Å². The van der Waals surface area contributed by atoms with Crippen LogP contribution in [0.2, 0.25) is 5.02 Å². The molecule has 1 fully saturated rings.